The van der Waals surface area contributed by atoms with Crippen LogP contribution in [0, 0.1) is 11.8 Å². The molecule has 0 spiro atoms. The van der Waals surface area contributed by atoms with Gasteiger partial charge in [0.2, 0.25) is 15.9 Å². The average molecular weight is 439 g/mol. The smallest absolute Gasteiger partial charge is 0.342 e. The number of alkyl halides is 3. The van der Waals surface area contributed by atoms with E-state index >= 15 is 0 Å². The molecule has 5 nitrogen and oxygen atoms in total. The summed E-state index contributed by atoms with van der Waals surface area (Å²) in [5.74, 6) is -2.52. The predicted octanol–water partition coefficient (Wildman–Crippen LogP) is 3.54. The van der Waals surface area contributed by atoms with Crippen molar-refractivity contribution >= 4 is 27.5 Å². The van der Waals surface area contributed by atoms with Crippen LogP contribution < -0.4 is 0 Å². The molecule has 10 heteroatoms. The second-order valence-electron chi connectivity index (χ2n) is 7.32. The molecule has 2 heterocycles. The van der Waals surface area contributed by atoms with Gasteiger partial charge in [0.25, 0.3) is 0 Å². The Morgan fingerprint density at radius 1 is 1.04 bits per heavy atom. The summed E-state index contributed by atoms with van der Waals surface area (Å²) in [6.07, 6.45) is -3.04. The van der Waals surface area contributed by atoms with Gasteiger partial charge in [-0.1, -0.05) is 11.6 Å². The van der Waals surface area contributed by atoms with Crippen molar-refractivity contribution in [1.82, 2.24) is 9.21 Å². The highest BCUT2D eigenvalue weighted by Crippen LogP contribution is 2.34. The van der Waals surface area contributed by atoms with Gasteiger partial charge in [0.15, 0.2) is 0 Å². The predicted molar refractivity (Wildman–Crippen MR) is 98.3 cm³/mol. The largest absolute Gasteiger partial charge is 0.393 e. The standard InChI is InChI=1S/C18H22ClF3N2O3S/c19-15-5-7-16(8-6-15)28(26,27)24-10-1-3-13(11-24)17(25)23-9-2-4-14(12-23)18(20,21)22/h5-8,13-14H,1-4,9-12H2/t13-,14+/m1/s1. The van der Waals surface area contributed by atoms with Crippen LogP contribution in [0.3, 0.4) is 0 Å². The average Bonchev–Trinajstić information content (AvgIpc) is 2.67. The molecule has 1 amide bonds. The highest BCUT2D eigenvalue weighted by atomic mass is 35.5. The molecule has 0 saturated carbocycles. The molecule has 0 bridgehead atoms. The van der Waals surface area contributed by atoms with Crippen LogP contribution in [0.1, 0.15) is 25.7 Å². The van der Waals surface area contributed by atoms with Crippen molar-refractivity contribution in [2.24, 2.45) is 11.8 Å². The number of hydrogen-bond acceptors (Lipinski definition) is 3. The van der Waals surface area contributed by atoms with Crippen LogP contribution in [-0.4, -0.2) is 55.9 Å². The van der Waals surface area contributed by atoms with Gasteiger partial charge in [-0.15, -0.1) is 0 Å². The van der Waals surface area contributed by atoms with Crippen molar-refractivity contribution in [3.63, 3.8) is 0 Å². The molecule has 2 aliphatic heterocycles. The van der Waals surface area contributed by atoms with E-state index in [1.54, 1.807) is 0 Å². The summed E-state index contributed by atoms with van der Waals surface area (Å²) in [5, 5.41) is 0.412. The van der Waals surface area contributed by atoms with Gasteiger partial charge in [-0.2, -0.15) is 17.5 Å². The van der Waals surface area contributed by atoms with Crippen LogP contribution in [0.2, 0.25) is 5.02 Å². The second-order valence-corrected chi connectivity index (χ2v) is 9.70. The minimum absolute atomic E-state index is 0.0169. The van der Waals surface area contributed by atoms with E-state index in [0.29, 0.717) is 24.3 Å². The third kappa shape index (κ3) is 4.63. The van der Waals surface area contributed by atoms with Gasteiger partial charge in [0.1, 0.15) is 0 Å². The van der Waals surface area contributed by atoms with E-state index in [4.69, 9.17) is 11.6 Å². The maximum Gasteiger partial charge on any atom is 0.393 e. The molecule has 0 unspecified atom stereocenters. The summed E-state index contributed by atoms with van der Waals surface area (Å²) in [6, 6.07) is 5.77. The van der Waals surface area contributed by atoms with E-state index in [1.807, 2.05) is 0 Å². The monoisotopic (exact) mass is 438 g/mol. The fourth-order valence-electron chi connectivity index (χ4n) is 3.82. The SMILES string of the molecule is O=C([C@@H]1CCCN(S(=O)(=O)c2ccc(Cl)cc2)C1)N1CCC[C@H](C(F)(F)F)C1. The first kappa shape index (κ1) is 21.4. The first-order valence-corrected chi connectivity index (χ1v) is 11.0. The van der Waals surface area contributed by atoms with E-state index in [9.17, 15) is 26.4 Å². The Morgan fingerprint density at radius 3 is 2.32 bits per heavy atom. The summed E-state index contributed by atoms with van der Waals surface area (Å²) >= 11 is 5.80. The Bertz CT molecular complexity index is 814. The van der Waals surface area contributed by atoms with Crippen molar-refractivity contribution < 1.29 is 26.4 Å². The number of hydrogen-bond donors (Lipinski definition) is 0. The number of piperidine rings is 2. The molecule has 2 aliphatic rings. The van der Waals surface area contributed by atoms with Gasteiger partial charge in [-0.3, -0.25) is 4.79 Å². The number of halogens is 4. The van der Waals surface area contributed by atoms with Crippen LogP contribution in [-0.2, 0) is 14.8 Å². The van der Waals surface area contributed by atoms with Crippen molar-refractivity contribution in [3.8, 4) is 0 Å². The van der Waals surface area contributed by atoms with Crippen LogP contribution in [0.5, 0.6) is 0 Å². The van der Waals surface area contributed by atoms with Crippen LogP contribution in [0.25, 0.3) is 0 Å². The van der Waals surface area contributed by atoms with Crippen molar-refractivity contribution in [3.05, 3.63) is 29.3 Å². The molecule has 0 aromatic heterocycles. The molecule has 156 valence electrons. The quantitative estimate of drug-likeness (QED) is 0.725. The van der Waals surface area contributed by atoms with Crippen molar-refractivity contribution in [1.29, 1.82) is 0 Å². The normalized spacial score (nSPS) is 24.9. The molecule has 3 rings (SSSR count). The summed E-state index contributed by atoms with van der Waals surface area (Å²) in [4.78, 5) is 14.1. The van der Waals surface area contributed by atoms with Gasteiger partial charge in [-0.25, -0.2) is 8.42 Å². The maximum absolute atomic E-state index is 13.0. The Balaban J connectivity index is 1.70. The lowest BCUT2D eigenvalue weighted by Gasteiger charge is -2.38. The number of benzene rings is 1. The Kier molecular flexibility index (Phi) is 6.26. The molecule has 28 heavy (non-hydrogen) atoms. The molecule has 0 aliphatic carbocycles. The van der Waals surface area contributed by atoms with Crippen molar-refractivity contribution in [2.75, 3.05) is 26.2 Å². The molecule has 2 saturated heterocycles. The lowest BCUT2D eigenvalue weighted by atomic mass is 9.93. The summed E-state index contributed by atoms with van der Waals surface area (Å²) in [7, 11) is -3.79. The van der Waals surface area contributed by atoms with E-state index < -0.39 is 28.0 Å². The fourth-order valence-corrected chi connectivity index (χ4v) is 5.47. The molecular weight excluding hydrogens is 417 g/mol. The number of likely N-dealkylation sites (tertiary alicyclic amines) is 1. The number of carbonyl (C=O) groups is 1. The third-order valence-corrected chi connectivity index (χ3v) is 7.51. The Morgan fingerprint density at radius 2 is 1.68 bits per heavy atom. The third-order valence-electron chi connectivity index (χ3n) is 5.38. The molecule has 1 aromatic rings. The number of amides is 1. The Hall–Kier alpha value is -1.32. The number of rotatable bonds is 3. The zero-order valence-electron chi connectivity index (χ0n) is 15.2. The molecule has 0 N–H and O–H groups in total. The maximum atomic E-state index is 13.0. The minimum atomic E-state index is -4.32. The molecule has 2 atom stereocenters. The number of sulfonamides is 1. The van der Waals surface area contributed by atoms with E-state index in [-0.39, 0.29) is 43.4 Å². The van der Waals surface area contributed by atoms with E-state index in [1.165, 1.54) is 33.5 Å². The van der Waals surface area contributed by atoms with Crippen LogP contribution in [0.15, 0.2) is 29.2 Å². The van der Waals surface area contributed by atoms with Gasteiger partial charge >= 0.3 is 6.18 Å². The van der Waals surface area contributed by atoms with Gasteiger partial charge in [0, 0.05) is 31.2 Å². The van der Waals surface area contributed by atoms with Crippen LogP contribution in [0.4, 0.5) is 13.2 Å². The molecule has 0 radical (unpaired) electrons. The number of nitrogens with zero attached hydrogens (tertiary/aromatic N) is 2. The van der Waals surface area contributed by atoms with E-state index in [2.05, 4.69) is 0 Å². The summed E-state index contributed by atoms with van der Waals surface area (Å²) in [5.41, 5.74) is 0. The van der Waals surface area contributed by atoms with Crippen molar-refractivity contribution in [2.45, 2.75) is 36.8 Å². The first-order chi connectivity index (χ1) is 13.1. The fraction of sp³-hybridized carbons (Fsp3) is 0.611. The topological polar surface area (TPSA) is 57.7 Å². The van der Waals surface area contributed by atoms with Gasteiger partial charge in [-0.05, 0) is 49.9 Å². The van der Waals surface area contributed by atoms with Gasteiger partial charge in [0.05, 0.1) is 16.7 Å². The summed E-state index contributed by atoms with van der Waals surface area (Å²) < 4.78 is 66.0. The lowest BCUT2D eigenvalue weighted by molar-refractivity contribution is -0.188. The minimum Gasteiger partial charge on any atom is -0.342 e. The van der Waals surface area contributed by atoms with E-state index in [0.717, 1.165) is 0 Å². The highest BCUT2D eigenvalue weighted by Gasteiger charge is 2.44. The summed E-state index contributed by atoms with van der Waals surface area (Å²) in [6.45, 7) is 0.200. The zero-order valence-corrected chi connectivity index (χ0v) is 16.7. The first-order valence-electron chi connectivity index (χ1n) is 9.20. The van der Waals surface area contributed by atoms with Crippen LogP contribution >= 0.6 is 11.6 Å². The zero-order chi connectivity index (χ0) is 20.5. The molecule has 2 fully saturated rings. The highest BCUT2D eigenvalue weighted by molar-refractivity contribution is 7.89. The molecular formula is C18H22ClF3N2O3S. The number of carbonyl (C=O) groups excluding carboxylic acids is 1. The second kappa shape index (κ2) is 8.20. The molecule has 1 aromatic carbocycles. The Labute approximate surface area is 167 Å². The lowest BCUT2D eigenvalue weighted by Crippen LogP contribution is -2.50. The van der Waals surface area contributed by atoms with Gasteiger partial charge < -0.3 is 4.90 Å².